The fraction of sp³-hybridized carbons (Fsp3) is 0.238. The van der Waals surface area contributed by atoms with Gasteiger partial charge in [0, 0.05) is 16.6 Å². The molecule has 2 aromatic heterocycles. The average Bonchev–Trinajstić information content (AvgIpc) is 3.31. The number of benzene rings is 2. The SMILES string of the molecule is CC(C)n1c(=O)[nH]c2cc(-c3noc(CNC(=O)Cc4ccc(Cl)cc4)n3)ccc21. The first kappa shape index (κ1) is 19.9. The van der Waals surface area contributed by atoms with Crippen LogP contribution in [-0.2, 0) is 17.8 Å². The highest BCUT2D eigenvalue weighted by Gasteiger charge is 2.14. The zero-order chi connectivity index (χ0) is 21.3. The normalized spacial score (nSPS) is 11.3. The van der Waals surface area contributed by atoms with Gasteiger partial charge in [0.1, 0.15) is 0 Å². The molecular formula is C21H20ClN5O3. The number of halogens is 1. The molecule has 0 aliphatic carbocycles. The van der Waals surface area contributed by atoms with Crippen molar-refractivity contribution in [1.82, 2.24) is 25.0 Å². The lowest BCUT2D eigenvalue weighted by Gasteiger charge is -2.06. The minimum Gasteiger partial charge on any atom is -0.347 e. The van der Waals surface area contributed by atoms with Crippen LogP contribution in [0.15, 0.2) is 51.8 Å². The molecule has 154 valence electrons. The van der Waals surface area contributed by atoms with Crippen LogP contribution in [0.1, 0.15) is 31.3 Å². The first-order chi connectivity index (χ1) is 14.4. The number of hydrogen-bond acceptors (Lipinski definition) is 5. The van der Waals surface area contributed by atoms with Gasteiger partial charge in [0.05, 0.1) is 24.0 Å². The molecule has 1 amide bonds. The largest absolute Gasteiger partial charge is 0.347 e. The second-order valence-corrected chi connectivity index (χ2v) is 7.65. The molecule has 0 bridgehead atoms. The Kier molecular flexibility index (Phi) is 5.41. The molecule has 4 aromatic rings. The fourth-order valence-corrected chi connectivity index (χ4v) is 3.38. The van der Waals surface area contributed by atoms with Crippen LogP contribution < -0.4 is 11.0 Å². The molecule has 0 fully saturated rings. The number of carbonyl (C=O) groups excluding carboxylic acids is 1. The Hall–Kier alpha value is -3.39. The van der Waals surface area contributed by atoms with E-state index >= 15 is 0 Å². The standard InChI is InChI=1S/C21H20ClN5O3/c1-12(2)27-17-8-5-14(10-16(17)24-21(27)29)20-25-19(30-26-20)11-23-18(28)9-13-3-6-15(22)7-4-13/h3-8,10,12H,9,11H2,1-2H3,(H,23,28)(H,24,29). The maximum Gasteiger partial charge on any atom is 0.326 e. The first-order valence-corrected chi connectivity index (χ1v) is 9.87. The molecular weight excluding hydrogens is 406 g/mol. The lowest BCUT2D eigenvalue weighted by Crippen LogP contribution is -2.24. The molecule has 2 heterocycles. The van der Waals surface area contributed by atoms with Crippen LogP contribution in [0.3, 0.4) is 0 Å². The predicted molar refractivity (Wildman–Crippen MR) is 113 cm³/mol. The molecule has 4 rings (SSSR count). The van der Waals surface area contributed by atoms with Gasteiger partial charge in [-0.15, -0.1) is 0 Å². The van der Waals surface area contributed by atoms with Crippen molar-refractivity contribution in [1.29, 1.82) is 0 Å². The van der Waals surface area contributed by atoms with E-state index in [0.717, 1.165) is 11.1 Å². The second-order valence-electron chi connectivity index (χ2n) is 7.22. The van der Waals surface area contributed by atoms with Crippen LogP contribution >= 0.6 is 11.6 Å². The maximum absolute atomic E-state index is 12.1. The van der Waals surface area contributed by atoms with Crippen molar-refractivity contribution in [3.8, 4) is 11.4 Å². The zero-order valence-corrected chi connectivity index (χ0v) is 17.2. The van der Waals surface area contributed by atoms with Crippen LogP contribution in [0.25, 0.3) is 22.4 Å². The highest BCUT2D eigenvalue weighted by atomic mass is 35.5. The number of nitrogens with one attached hydrogen (secondary N) is 2. The summed E-state index contributed by atoms with van der Waals surface area (Å²) in [5, 5.41) is 7.36. The molecule has 0 saturated carbocycles. The van der Waals surface area contributed by atoms with Crippen molar-refractivity contribution < 1.29 is 9.32 Å². The zero-order valence-electron chi connectivity index (χ0n) is 16.5. The summed E-state index contributed by atoms with van der Waals surface area (Å²) in [6, 6.07) is 12.6. The molecule has 0 aliphatic heterocycles. The quantitative estimate of drug-likeness (QED) is 0.492. The topological polar surface area (TPSA) is 106 Å². The van der Waals surface area contributed by atoms with E-state index in [1.807, 2.05) is 32.0 Å². The summed E-state index contributed by atoms with van der Waals surface area (Å²) in [6.07, 6.45) is 0.231. The van der Waals surface area contributed by atoms with E-state index in [1.165, 1.54) is 0 Å². The smallest absolute Gasteiger partial charge is 0.326 e. The van der Waals surface area contributed by atoms with Crippen molar-refractivity contribution in [2.45, 2.75) is 32.9 Å². The molecule has 0 aliphatic rings. The highest BCUT2D eigenvalue weighted by Crippen LogP contribution is 2.22. The maximum atomic E-state index is 12.1. The molecule has 2 N–H and O–H groups in total. The minimum atomic E-state index is -0.161. The van der Waals surface area contributed by atoms with E-state index in [0.29, 0.717) is 27.8 Å². The summed E-state index contributed by atoms with van der Waals surface area (Å²) in [4.78, 5) is 31.4. The lowest BCUT2D eigenvalue weighted by molar-refractivity contribution is -0.120. The number of fused-ring (bicyclic) bond motifs is 1. The van der Waals surface area contributed by atoms with E-state index in [9.17, 15) is 9.59 Å². The van der Waals surface area contributed by atoms with E-state index in [4.69, 9.17) is 16.1 Å². The van der Waals surface area contributed by atoms with Gasteiger partial charge in [-0.05, 0) is 49.7 Å². The van der Waals surface area contributed by atoms with Crippen LogP contribution in [0, 0.1) is 0 Å². The number of aromatic amines is 1. The molecule has 0 radical (unpaired) electrons. The molecule has 9 heteroatoms. The van der Waals surface area contributed by atoms with Crippen molar-refractivity contribution in [3.05, 3.63) is 69.4 Å². The molecule has 30 heavy (non-hydrogen) atoms. The van der Waals surface area contributed by atoms with Gasteiger partial charge in [-0.3, -0.25) is 9.36 Å². The predicted octanol–water partition coefficient (Wildman–Crippen LogP) is 3.47. The fourth-order valence-electron chi connectivity index (χ4n) is 3.25. The minimum absolute atomic E-state index is 0.0466. The Morgan fingerprint density at radius 1 is 1.23 bits per heavy atom. The van der Waals surface area contributed by atoms with E-state index in [-0.39, 0.29) is 30.6 Å². The Bertz CT molecular complexity index is 1250. The molecule has 0 spiro atoms. The Labute approximate surface area is 176 Å². The lowest BCUT2D eigenvalue weighted by atomic mass is 10.1. The summed E-state index contributed by atoms with van der Waals surface area (Å²) < 4.78 is 6.94. The summed E-state index contributed by atoms with van der Waals surface area (Å²) in [5.41, 5.74) is 2.93. The summed E-state index contributed by atoms with van der Waals surface area (Å²) in [5.74, 6) is 0.519. The highest BCUT2D eigenvalue weighted by molar-refractivity contribution is 6.30. The molecule has 8 nitrogen and oxygen atoms in total. The third-order valence-electron chi connectivity index (χ3n) is 4.67. The van der Waals surface area contributed by atoms with Crippen LogP contribution in [0.2, 0.25) is 5.02 Å². The van der Waals surface area contributed by atoms with Gasteiger partial charge < -0.3 is 14.8 Å². The Morgan fingerprint density at radius 2 is 2.00 bits per heavy atom. The van der Waals surface area contributed by atoms with Crippen LogP contribution in [0.5, 0.6) is 0 Å². The second kappa shape index (κ2) is 8.16. The van der Waals surface area contributed by atoms with Crippen molar-refractivity contribution >= 4 is 28.5 Å². The summed E-state index contributed by atoms with van der Waals surface area (Å²) in [7, 11) is 0. The summed E-state index contributed by atoms with van der Waals surface area (Å²) in [6.45, 7) is 4.03. The van der Waals surface area contributed by atoms with Crippen molar-refractivity contribution in [2.75, 3.05) is 0 Å². The van der Waals surface area contributed by atoms with E-state index in [1.54, 1.807) is 28.8 Å². The third kappa shape index (κ3) is 4.13. The number of hydrogen-bond donors (Lipinski definition) is 2. The van der Waals surface area contributed by atoms with Crippen molar-refractivity contribution in [2.24, 2.45) is 0 Å². The van der Waals surface area contributed by atoms with E-state index < -0.39 is 0 Å². The Balaban J connectivity index is 1.44. The number of nitrogens with zero attached hydrogens (tertiary/aromatic N) is 3. The van der Waals surface area contributed by atoms with Gasteiger partial charge in [0.15, 0.2) is 0 Å². The number of carbonyl (C=O) groups is 1. The van der Waals surface area contributed by atoms with Gasteiger partial charge in [-0.1, -0.05) is 28.9 Å². The first-order valence-electron chi connectivity index (χ1n) is 9.49. The van der Waals surface area contributed by atoms with E-state index in [2.05, 4.69) is 20.4 Å². The van der Waals surface area contributed by atoms with Crippen molar-refractivity contribution in [3.63, 3.8) is 0 Å². The summed E-state index contributed by atoms with van der Waals surface area (Å²) >= 11 is 5.85. The average molecular weight is 426 g/mol. The molecule has 0 saturated heterocycles. The number of H-pyrrole nitrogens is 1. The molecule has 0 unspecified atom stereocenters. The number of imidazole rings is 1. The van der Waals surface area contributed by atoms with Gasteiger partial charge in [0.25, 0.3) is 0 Å². The van der Waals surface area contributed by atoms with Crippen LogP contribution in [-0.4, -0.2) is 25.6 Å². The number of rotatable bonds is 6. The number of amides is 1. The molecule has 2 aromatic carbocycles. The van der Waals surface area contributed by atoms with Gasteiger partial charge >= 0.3 is 5.69 Å². The van der Waals surface area contributed by atoms with Gasteiger partial charge in [-0.25, -0.2) is 4.79 Å². The van der Waals surface area contributed by atoms with Gasteiger partial charge in [0.2, 0.25) is 17.6 Å². The Morgan fingerprint density at radius 3 is 2.73 bits per heavy atom. The van der Waals surface area contributed by atoms with Crippen LogP contribution in [0.4, 0.5) is 0 Å². The third-order valence-corrected chi connectivity index (χ3v) is 4.93. The monoisotopic (exact) mass is 425 g/mol. The number of aromatic nitrogens is 4. The van der Waals surface area contributed by atoms with Gasteiger partial charge in [-0.2, -0.15) is 4.98 Å². The molecule has 0 atom stereocenters.